The molecule has 0 heterocycles. The summed E-state index contributed by atoms with van der Waals surface area (Å²) >= 11 is 0. The molecule has 0 amide bonds. The molecule has 0 spiro atoms. The molecule has 0 atom stereocenters. The van der Waals surface area contributed by atoms with Crippen molar-refractivity contribution in [2.75, 3.05) is 7.11 Å². The highest BCUT2D eigenvalue weighted by atomic mass is 16.5. The Hall–Kier alpha value is -1.59. The van der Waals surface area contributed by atoms with Crippen molar-refractivity contribution in [3.8, 4) is 11.8 Å². The summed E-state index contributed by atoms with van der Waals surface area (Å²) in [4.78, 5) is 10.7. The lowest BCUT2D eigenvalue weighted by Gasteiger charge is -2.14. The first-order chi connectivity index (χ1) is 7.09. The number of hydrogen-bond donors (Lipinski definition) is 0. The number of hydrogen-bond acceptors (Lipinski definition) is 2. The summed E-state index contributed by atoms with van der Waals surface area (Å²) < 4.78 is 5.17. The molecule has 0 radical (unpaired) electrons. The Morgan fingerprint density at radius 3 is 2.60 bits per heavy atom. The van der Waals surface area contributed by atoms with Gasteiger partial charge in [-0.25, -0.2) is 0 Å². The summed E-state index contributed by atoms with van der Waals surface area (Å²) in [6.07, 6.45) is 0.809. The predicted octanol–water partition coefficient (Wildman–Crippen LogP) is 2.28. The van der Waals surface area contributed by atoms with Crippen LogP contribution in [0.2, 0.25) is 0 Å². The molecule has 15 heavy (non-hydrogen) atoms. The summed E-state index contributed by atoms with van der Waals surface area (Å²) in [5.41, 5.74) is 0.852. The minimum Gasteiger partial charge on any atom is -0.366 e. The maximum atomic E-state index is 10.7. The number of aldehydes is 1. The maximum Gasteiger partial charge on any atom is 0.151 e. The second-order valence-electron chi connectivity index (χ2n) is 3.67. The number of carbonyl (C=O) groups is 1. The van der Waals surface area contributed by atoms with Crippen LogP contribution in [-0.2, 0) is 4.74 Å². The van der Waals surface area contributed by atoms with Crippen LogP contribution in [0.25, 0.3) is 0 Å². The number of benzene rings is 1. The fourth-order valence-corrected chi connectivity index (χ4v) is 0.982. The summed E-state index contributed by atoms with van der Waals surface area (Å²) in [6, 6.07) is 7.24. The Morgan fingerprint density at radius 2 is 2.00 bits per heavy atom. The van der Waals surface area contributed by atoms with E-state index in [1.165, 1.54) is 0 Å². The van der Waals surface area contributed by atoms with Gasteiger partial charge in [-0.1, -0.05) is 30.0 Å². The van der Waals surface area contributed by atoms with Gasteiger partial charge in [0.1, 0.15) is 5.60 Å². The molecule has 1 rings (SSSR count). The first-order valence-electron chi connectivity index (χ1n) is 4.71. The van der Waals surface area contributed by atoms with Crippen molar-refractivity contribution in [2.24, 2.45) is 0 Å². The SMILES string of the molecule is COC(C)(C)C#Cc1ccccc1C=O. The molecule has 2 heteroatoms. The van der Waals surface area contributed by atoms with Gasteiger partial charge in [0.2, 0.25) is 0 Å². The zero-order chi connectivity index (χ0) is 11.3. The lowest BCUT2D eigenvalue weighted by atomic mass is 10.1. The number of ether oxygens (including phenoxy) is 1. The first-order valence-corrected chi connectivity index (χ1v) is 4.71. The maximum absolute atomic E-state index is 10.7. The Labute approximate surface area is 90.3 Å². The van der Waals surface area contributed by atoms with Crippen molar-refractivity contribution in [1.29, 1.82) is 0 Å². The van der Waals surface area contributed by atoms with Crippen LogP contribution in [0.4, 0.5) is 0 Å². The van der Waals surface area contributed by atoms with Gasteiger partial charge in [0.25, 0.3) is 0 Å². The molecule has 0 fully saturated rings. The fourth-order valence-electron chi connectivity index (χ4n) is 0.982. The van der Waals surface area contributed by atoms with E-state index in [1.54, 1.807) is 13.2 Å². The minimum absolute atomic E-state index is 0.490. The molecule has 0 aliphatic heterocycles. The molecule has 0 bridgehead atoms. The average Bonchev–Trinajstić information content (AvgIpc) is 2.27. The van der Waals surface area contributed by atoms with Crippen molar-refractivity contribution >= 4 is 6.29 Å². The summed E-state index contributed by atoms with van der Waals surface area (Å²) in [5, 5.41) is 0. The zero-order valence-electron chi connectivity index (χ0n) is 9.20. The topological polar surface area (TPSA) is 26.3 Å². The minimum atomic E-state index is -0.490. The largest absolute Gasteiger partial charge is 0.366 e. The van der Waals surface area contributed by atoms with E-state index in [4.69, 9.17) is 4.74 Å². The molecular weight excluding hydrogens is 188 g/mol. The van der Waals surface area contributed by atoms with Crippen LogP contribution in [0.3, 0.4) is 0 Å². The Morgan fingerprint density at radius 1 is 1.33 bits per heavy atom. The van der Waals surface area contributed by atoms with E-state index < -0.39 is 5.60 Å². The van der Waals surface area contributed by atoms with Crippen molar-refractivity contribution in [3.05, 3.63) is 35.4 Å². The van der Waals surface area contributed by atoms with Gasteiger partial charge in [-0.3, -0.25) is 4.79 Å². The van der Waals surface area contributed by atoms with E-state index in [9.17, 15) is 4.79 Å². The van der Waals surface area contributed by atoms with Crippen LogP contribution in [0, 0.1) is 11.8 Å². The quantitative estimate of drug-likeness (QED) is 0.543. The molecule has 0 aliphatic rings. The van der Waals surface area contributed by atoms with Crippen LogP contribution >= 0.6 is 0 Å². The van der Waals surface area contributed by atoms with Crippen molar-refractivity contribution in [3.63, 3.8) is 0 Å². The van der Waals surface area contributed by atoms with Crippen molar-refractivity contribution < 1.29 is 9.53 Å². The molecule has 0 saturated heterocycles. The summed E-state index contributed by atoms with van der Waals surface area (Å²) in [7, 11) is 1.61. The fraction of sp³-hybridized carbons (Fsp3) is 0.308. The third-order valence-electron chi connectivity index (χ3n) is 2.10. The zero-order valence-corrected chi connectivity index (χ0v) is 9.20. The van der Waals surface area contributed by atoms with Crippen LogP contribution in [0.15, 0.2) is 24.3 Å². The van der Waals surface area contributed by atoms with Gasteiger partial charge in [-0.15, -0.1) is 0 Å². The number of rotatable bonds is 2. The van der Waals surface area contributed by atoms with E-state index in [0.717, 1.165) is 11.8 Å². The second-order valence-corrected chi connectivity index (χ2v) is 3.67. The van der Waals surface area contributed by atoms with E-state index in [2.05, 4.69) is 11.8 Å². The monoisotopic (exact) mass is 202 g/mol. The molecule has 78 valence electrons. The van der Waals surface area contributed by atoms with Crippen LogP contribution in [0.1, 0.15) is 29.8 Å². The van der Waals surface area contributed by atoms with Crippen LogP contribution in [-0.4, -0.2) is 19.0 Å². The third kappa shape index (κ3) is 3.23. The van der Waals surface area contributed by atoms with E-state index in [-0.39, 0.29) is 0 Å². The highest BCUT2D eigenvalue weighted by molar-refractivity contribution is 5.79. The standard InChI is InChI=1S/C13H14O2/c1-13(2,15-3)9-8-11-6-4-5-7-12(11)10-14/h4-7,10H,1-3H3. The first kappa shape index (κ1) is 11.5. The molecule has 1 aromatic carbocycles. The molecule has 0 saturated carbocycles. The molecule has 0 N–H and O–H groups in total. The van der Waals surface area contributed by atoms with Gasteiger partial charge < -0.3 is 4.74 Å². The number of carbonyl (C=O) groups excluding carboxylic acids is 1. The Balaban J connectivity index is 3.03. The third-order valence-corrected chi connectivity index (χ3v) is 2.10. The Bertz CT molecular complexity index is 408. The predicted molar refractivity (Wildman–Crippen MR) is 59.8 cm³/mol. The van der Waals surface area contributed by atoms with Gasteiger partial charge in [-0.2, -0.15) is 0 Å². The molecule has 2 nitrogen and oxygen atoms in total. The molecule has 1 aromatic rings. The van der Waals surface area contributed by atoms with Gasteiger partial charge >= 0.3 is 0 Å². The van der Waals surface area contributed by atoms with E-state index in [1.807, 2.05) is 32.0 Å². The average molecular weight is 202 g/mol. The van der Waals surface area contributed by atoms with Gasteiger partial charge in [-0.05, 0) is 19.9 Å². The summed E-state index contributed by atoms with van der Waals surface area (Å²) in [5.74, 6) is 5.92. The Kier molecular flexibility index (Phi) is 3.65. The lowest BCUT2D eigenvalue weighted by molar-refractivity contribution is 0.0741. The van der Waals surface area contributed by atoms with Gasteiger partial charge in [0.05, 0.1) is 0 Å². The van der Waals surface area contributed by atoms with Gasteiger partial charge in [0, 0.05) is 18.2 Å². The normalized spacial score (nSPS) is 10.3. The van der Waals surface area contributed by atoms with Crippen molar-refractivity contribution in [1.82, 2.24) is 0 Å². The second kappa shape index (κ2) is 4.77. The van der Waals surface area contributed by atoms with Crippen LogP contribution in [0.5, 0.6) is 0 Å². The number of methoxy groups -OCH3 is 1. The molecule has 0 unspecified atom stereocenters. The van der Waals surface area contributed by atoms with Gasteiger partial charge in [0.15, 0.2) is 6.29 Å². The van der Waals surface area contributed by atoms with Crippen molar-refractivity contribution in [2.45, 2.75) is 19.4 Å². The van der Waals surface area contributed by atoms with Crippen LogP contribution < -0.4 is 0 Å². The molecule has 0 aliphatic carbocycles. The van der Waals surface area contributed by atoms with E-state index >= 15 is 0 Å². The highest BCUT2D eigenvalue weighted by Gasteiger charge is 2.10. The smallest absolute Gasteiger partial charge is 0.151 e. The molecular formula is C13H14O2. The molecule has 0 aromatic heterocycles. The lowest BCUT2D eigenvalue weighted by Crippen LogP contribution is -2.19. The van der Waals surface area contributed by atoms with E-state index in [0.29, 0.717) is 5.56 Å². The summed E-state index contributed by atoms with van der Waals surface area (Å²) in [6.45, 7) is 3.76. The highest BCUT2D eigenvalue weighted by Crippen LogP contribution is 2.08.